The van der Waals surface area contributed by atoms with Crippen molar-refractivity contribution in [1.29, 1.82) is 0 Å². The molecular formula is C11H12O2. The van der Waals surface area contributed by atoms with Gasteiger partial charge in [0.15, 0.2) is 5.78 Å². The summed E-state index contributed by atoms with van der Waals surface area (Å²) in [6, 6.07) is 0. The maximum atomic E-state index is 11.0. The fourth-order valence-corrected chi connectivity index (χ4v) is 1.84. The molecule has 1 heterocycles. The summed E-state index contributed by atoms with van der Waals surface area (Å²) >= 11 is 0. The van der Waals surface area contributed by atoms with Crippen molar-refractivity contribution >= 4 is 5.78 Å². The summed E-state index contributed by atoms with van der Waals surface area (Å²) in [5.41, 5.74) is -0.102. The normalized spacial score (nSPS) is 29.8. The van der Waals surface area contributed by atoms with Crippen LogP contribution in [0, 0.1) is 11.3 Å². The van der Waals surface area contributed by atoms with E-state index in [2.05, 4.69) is 6.58 Å². The van der Waals surface area contributed by atoms with E-state index < -0.39 is 0 Å². The highest BCUT2D eigenvalue weighted by Gasteiger charge is 2.39. The van der Waals surface area contributed by atoms with Gasteiger partial charge in [-0.2, -0.15) is 0 Å². The average Bonchev–Trinajstić information content (AvgIpc) is 2.54. The summed E-state index contributed by atoms with van der Waals surface area (Å²) in [5, 5.41) is 0. The number of hydrogen-bond acceptors (Lipinski definition) is 2. The standard InChI is InChI=1S/C11H12O2/c1-2-9-7-13-8-11(9)5-3-10(12)4-6-11/h2-6,9H,1,7-8H2/t9-/m0/s1. The van der Waals surface area contributed by atoms with E-state index in [-0.39, 0.29) is 11.2 Å². The molecule has 1 saturated heterocycles. The van der Waals surface area contributed by atoms with Gasteiger partial charge in [-0.05, 0) is 12.2 Å². The molecule has 0 amide bonds. The van der Waals surface area contributed by atoms with Gasteiger partial charge in [-0.3, -0.25) is 4.79 Å². The molecule has 0 saturated carbocycles. The molecule has 13 heavy (non-hydrogen) atoms. The van der Waals surface area contributed by atoms with Crippen LogP contribution in [0.25, 0.3) is 0 Å². The molecule has 1 fully saturated rings. The van der Waals surface area contributed by atoms with Crippen LogP contribution in [0.1, 0.15) is 0 Å². The van der Waals surface area contributed by atoms with Crippen molar-refractivity contribution in [3.8, 4) is 0 Å². The van der Waals surface area contributed by atoms with Crippen molar-refractivity contribution in [3.63, 3.8) is 0 Å². The fourth-order valence-electron chi connectivity index (χ4n) is 1.84. The quantitative estimate of drug-likeness (QED) is 0.566. The minimum Gasteiger partial charge on any atom is -0.380 e. The minimum absolute atomic E-state index is 0.0559. The highest BCUT2D eigenvalue weighted by molar-refractivity contribution is 6.00. The summed E-state index contributed by atoms with van der Waals surface area (Å²) in [6.07, 6.45) is 9.01. The number of carbonyl (C=O) groups is 1. The molecule has 2 nitrogen and oxygen atoms in total. The van der Waals surface area contributed by atoms with Crippen LogP contribution >= 0.6 is 0 Å². The fraction of sp³-hybridized carbons (Fsp3) is 0.364. The molecule has 1 aliphatic heterocycles. The van der Waals surface area contributed by atoms with Gasteiger partial charge < -0.3 is 4.74 Å². The van der Waals surface area contributed by atoms with Crippen molar-refractivity contribution in [1.82, 2.24) is 0 Å². The zero-order valence-electron chi connectivity index (χ0n) is 7.40. The lowest BCUT2D eigenvalue weighted by molar-refractivity contribution is -0.110. The Bertz CT molecular complexity index is 283. The van der Waals surface area contributed by atoms with E-state index in [0.29, 0.717) is 19.1 Å². The van der Waals surface area contributed by atoms with E-state index in [4.69, 9.17) is 4.74 Å². The summed E-state index contributed by atoms with van der Waals surface area (Å²) in [5.74, 6) is 0.355. The van der Waals surface area contributed by atoms with Gasteiger partial charge in [0.2, 0.25) is 0 Å². The Morgan fingerprint density at radius 1 is 1.54 bits per heavy atom. The Kier molecular flexibility index (Phi) is 1.93. The first kappa shape index (κ1) is 8.45. The first-order valence-corrected chi connectivity index (χ1v) is 4.39. The summed E-state index contributed by atoms with van der Waals surface area (Å²) in [7, 11) is 0. The first-order valence-electron chi connectivity index (χ1n) is 4.39. The van der Waals surface area contributed by atoms with E-state index in [1.807, 2.05) is 18.2 Å². The van der Waals surface area contributed by atoms with Gasteiger partial charge in [-0.25, -0.2) is 0 Å². The van der Waals surface area contributed by atoms with E-state index in [1.54, 1.807) is 12.2 Å². The van der Waals surface area contributed by atoms with Gasteiger partial charge in [0.25, 0.3) is 0 Å². The SMILES string of the molecule is C=C[C@H]1COCC12C=CC(=O)C=C2. The second-order valence-electron chi connectivity index (χ2n) is 3.54. The molecule has 0 N–H and O–H groups in total. The van der Waals surface area contributed by atoms with Crippen LogP contribution in [0.4, 0.5) is 0 Å². The number of carbonyl (C=O) groups excluding carboxylic acids is 1. The third kappa shape index (κ3) is 1.27. The molecule has 0 aromatic heterocycles. The summed E-state index contributed by atoms with van der Waals surface area (Å²) in [4.78, 5) is 11.0. The Balaban J connectivity index is 2.30. The number of hydrogen-bond donors (Lipinski definition) is 0. The van der Waals surface area contributed by atoms with Gasteiger partial charge in [-0.15, -0.1) is 6.58 Å². The zero-order valence-corrected chi connectivity index (χ0v) is 7.40. The van der Waals surface area contributed by atoms with Gasteiger partial charge in [0.05, 0.1) is 13.2 Å². The van der Waals surface area contributed by atoms with E-state index in [9.17, 15) is 4.79 Å². The Hall–Kier alpha value is -1.15. The van der Waals surface area contributed by atoms with Crippen LogP contribution < -0.4 is 0 Å². The molecule has 0 bridgehead atoms. The van der Waals surface area contributed by atoms with E-state index in [1.165, 1.54) is 0 Å². The molecule has 1 spiro atoms. The lowest BCUT2D eigenvalue weighted by Crippen LogP contribution is -2.25. The molecule has 0 unspecified atom stereocenters. The first-order chi connectivity index (χ1) is 6.27. The van der Waals surface area contributed by atoms with E-state index >= 15 is 0 Å². The predicted molar refractivity (Wildman–Crippen MR) is 50.2 cm³/mol. The molecule has 68 valence electrons. The molecule has 0 radical (unpaired) electrons. The third-order valence-electron chi connectivity index (χ3n) is 2.74. The Morgan fingerprint density at radius 3 is 2.85 bits per heavy atom. The number of allylic oxidation sites excluding steroid dienone is 2. The molecule has 1 aliphatic carbocycles. The Morgan fingerprint density at radius 2 is 2.23 bits per heavy atom. The molecule has 1 atom stereocenters. The van der Waals surface area contributed by atoms with Gasteiger partial charge in [0, 0.05) is 11.3 Å². The van der Waals surface area contributed by atoms with Crippen LogP contribution in [0.2, 0.25) is 0 Å². The second kappa shape index (κ2) is 2.96. The zero-order chi connectivity index (χ0) is 9.31. The third-order valence-corrected chi connectivity index (χ3v) is 2.74. The van der Waals surface area contributed by atoms with Crippen molar-refractivity contribution in [2.75, 3.05) is 13.2 Å². The number of ether oxygens (including phenoxy) is 1. The lowest BCUT2D eigenvalue weighted by atomic mass is 9.75. The molecule has 2 heteroatoms. The van der Waals surface area contributed by atoms with Crippen molar-refractivity contribution < 1.29 is 9.53 Å². The van der Waals surface area contributed by atoms with Crippen LogP contribution in [0.15, 0.2) is 37.0 Å². The lowest BCUT2D eigenvalue weighted by Gasteiger charge is -2.26. The van der Waals surface area contributed by atoms with Crippen molar-refractivity contribution in [2.45, 2.75) is 0 Å². The predicted octanol–water partition coefficient (Wildman–Crippen LogP) is 1.50. The van der Waals surface area contributed by atoms with Crippen LogP contribution in [-0.2, 0) is 9.53 Å². The molecule has 0 aromatic carbocycles. The molecular weight excluding hydrogens is 164 g/mol. The monoisotopic (exact) mass is 176 g/mol. The van der Waals surface area contributed by atoms with Gasteiger partial charge in [-0.1, -0.05) is 18.2 Å². The molecule has 0 aromatic rings. The summed E-state index contributed by atoms with van der Waals surface area (Å²) in [6.45, 7) is 5.14. The highest BCUT2D eigenvalue weighted by Crippen LogP contribution is 2.39. The summed E-state index contributed by atoms with van der Waals surface area (Å²) < 4.78 is 5.39. The second-order valence-corrected chi connectivity index (χ2v) is 3.54. The van der Waals surface area contributed by atoms with Crippen molar-refractivity contribution in [3.05, 3.63) is 37.0 Å². The largest absolute Gasteiger partial charge is 0.380 e. The molecule has 2 aliphatic rings. The van der Waals surface area contributed by atoms with Gasteiger partial charge >= 0.3 is 0 Å². The average molecular weight is 176 g/mol. The minimum atomic E-state index is -0.102. The van der Waals surface area contributed by atoms with E-state index in [0.717, 1.165) is 0 Å². The van der Waals surface area contributed by atoms with Crippen molar-refractivity contribution in [2.24, 2.45) is 11.3 Å². The highest BCUT2D eigenvalue weighted by atomic mass is 16.5. The maximum Gasteiger partial charge on any atom is 0.178 e. The van der Waals surface area contributed by atoms with Crippen LogP contribution in [0.5, 0.6) is 0 Å². The van der Waals surface area contributed by atoms with Crippen LogP contribution in [0.3, 0.4) is 0 Å². The smallest absolute Gasteiger partial charge is 0.178 e. The Labute approximate surface area is 77.6 Å². The molecule has 2 rings (SSSR count). The van der Waals surface area contributed by atoms with Gasteiger partial charge in [0.1, 0.15) is 0 Å². The van der Waals surface area contributed by atoms with Crippen LogP contribution in [-0.4, -0.2) is 19.0 Å². The number of rotatable bonds is 1. The topological polar surface area (TPSA) is 26.3 Å². The maximum absolute atomic E-state index is 11.0. The number of ketones is 1.